The lowest BCUT2D eigenvalue weighted by Gasteiger charge is -2.08. The van der Waals surface area contributed by atoms with Crippen molar-refractivity contribution in [2.45, 2.75) is 0 Å². The van der Waals surface area contributed by atoms with Crippen LogP contribution in [0.25, 0.3) is 5.69 Å². The van der Waals surface area contributed by atoms with E-state index < -0.39 is 0 Å². The number of carbonyl (C=O) groups is 1. The molecule has 0 saturated heterocycles. The second-order valence-corrected chi connectivity index (χ2v) is 4.86. The van der Waals surface area contributed by atoms with Crippen molar-refractivity contribution in [2.24, 2.45) is 0 Å². The Morgan fingerprint density at radius 3 is 2.54 bits per heavy atom. The van der Waals surface area contributed by atoms with Crippen LogP contribution in [0.5, 0.6) is 5.75 Å². The zero-order valence-corrected chi connectivity index (χ0v) is 12.6. The number of nitrogens with zero attached hydrogens (tertiary/aromatic N) is 4. The minimum Gasteiger partial charge on any atom is -0.492 e. The summed E-state index contributed by atoms with van der Waals surface area (Å²) in [5, 5.41) is 13.6. The van der Waals surface area contributed by atoms with E-state index in [1.807, 2.05) is 0 Å². The minimum atomic E-state index is -0.319. The molecule has 7 nitrogen and oxygen atoms in total. The Hall–Kier alpha value is -3.29. The Kier molecular flexibility index (Phi) is 4.76. The standard InChI is InChI=1S/C16H14FN5O2/c17-13-3-7-15(8-4-13)24-10-9-18-16(23)12-1-5-14(6-2-12)22-11-19-20-21-22/h1-8,11H,9-10H2,(H,18,23). The van der Waals surface area contributed by atoms with Crippen molar-refractivity contribution >= 4 is 5.91 Å². The Labute approximate surface area is 137 Å². The number of benzene rings is 2. The number of rotatable bonds is 6. The number of hydrogen-bond acceptors (Lipinski definition) is 5. The van der Waals surface area contributed by atoms with Crippen LogP contribution < -0.4 is 10.1 Å². The van der Waals surface area contributed by atoms with Gasteiger partial charge in [0.05, 0.1) is 12.2 Å². The molecule has 0 atom stereocenters. The van der Waals surface area contributed by atoms with Crippen LogP contribution in [0.3, 0.4) is 0 Å². The van der Waals surface area contributed by atoms with E-state index in [4.69, 9.17) is 4.74 Å². The molecular formula is C16H14FN5O2. The van der Waals surface area contributed by atoms with E-state index in [1.165, 1.54) is 35.3 Å². The molecule has 1 amide bonds. The molecule has 24 heavy (non-hydrogen) atoms. The fourth-order valence-electron chi connectivity index (χ4n) is 2.01. The van der Waals surface area contributed by atoms with Gasteiger partial charge in [-0.2, -0.15) is 0 Å². The van der Waals surface area contributed by atoms with Crippen molar-refractivity contribution < 1.29 is 13.9 Å². The molecule has 0 fully saturated rings. The molecule has 0 radical (unpaired) electrons. The number of hydrogen-bond donors (Lipinski definition) is 1. The van der Waals surface area contributed by atoms with E-state index in [0.29, 0.717) is 24.5 Å². The van der Waals surface area contributed by atoms with Crippen LogP contribution in [-0.4, -0.2) is 39.3 Å². The van der Waals surface area contributed by atoms with Crippen molar-refractivity contribution in [3.63, 3.8) is 0 Å². The van der Waals surface area contributed by atoms with Gasteiger partial charge < -0.3 is 10.1 Å². The van der Waals surface area contributed by atoms with Gasteiger partial charge in [-0.15, -0.1) is 5.10 Å². The summed E-state index contributed by atoms with van der Waals surface area (Å²) in [5.41, 5.74) is 1.28. The number of tetrazole rings is 1. The van der Waals surface area contributed by atoms with Crippen LogP contribution in [0.15, 0.2) is 54.9 Å². The quantitative estimate of drug-likeness (QED) is 0.696. The van der Waals surface area contributed by atoms with Crippen LogP contribution >= 0.6 is 0 Å². The summed E-state index contributed by atoms with van der Waals surface area (Å²) in [6.45, 7) is 0.630. The molecule has 2 aromatic carbocycles. The maximum absolute atomic E-state index is 12.8. The Morgan fingerprint density at radius 1 is 1.12 bits per heavy atom. The van der Waals surface area contributed by atoms with Crippen LogP contribution in [0.4, 0.5) is 4.39 Å². The van der Waals surface area contributed by atoms with E-state index in [0.717, 1.165) is 5.69 Å². The van der Waals surface area contributed by atoms with Gasteiger partial charge in [-0.05, 0) is 59.0 Å². The second-order valence-electron chi connectivity index (χ2n) is 4.86. The molecule has 3 rings (SSSR count). The maximum atomic E-state index is 12.8. The van der Waals surface area contributed by atoms with Crippen LogP contribution in [-0.2, 0) is 0 Å². The molecule has 0 aliphatic rings. The van der Waals surface area contributed by atoms with Gasteiger partial charge >= 0.3 is 0 Å². The number of amides is 1. The van der Waals surface area contributed by atoms with Gasteiger partial charge in [0.1, 0.15) is 24.5 Å². The Morgan fingerprint density at radius 2 is 1.88 bits per heavy atom. The summed E-state index contributed by atoms with van der Waals surface area (Å²) in [6, 6.07) is 12.6. The topological polar surface area (TPSA) is 81.9 Å². The second kappa shape index (κ2) is 7.32. The summed E-state index contributed by atoms with van der Waals surface area (Å²) in [4.78, 5) is 12.0. The summed E-state index contributed by atoms with van der Waals surface area (Å²) in [5.74, 6) is 0.0261. The molecule has 3 aromatic rings. The monoisotopic (exact) mass is 327 g/mol. The third-order valence-electron chi connectivity index (χ3n) is 3.21. The maximum Gasteiger partial charge on any atom is 0.251 e. The van der Waals surface area contributed by atoms with Crippen molar-refractivity contribution in [2.75, 3.05) is 13.2 Å². The van der Waals surface area contributed by atoms with E-state index >= 15 is 0 Å². The average molecular weight is 327 g/mol. The lowest BCUT2D eigenvalue weighted by molar-refractivity contribution is 0.0947. The molecule has 0 spiro atoms. The average Bonchev–Trinajstić information content (AvgIpc) is 3.15. The molecule has 8 heteroatoms. The zero-order chi connectivity index (χ0) is 16.8. The highest BCUT2D eigenvalue weighted by atomic mass is 19.1. The minimum absolute atomic E-state index is 0.207. The first-order valence-corrected chi connectivity index (χ1v) is 7.22. The third kappa shape index (κ3) is 3.92. The van der Waals surface area contributed by atoms with Crippen LogP contribution in [0.1, 0.15) is 10.4 Å². The lowest BCUT2D eigenvalue weighted by Crippen LogP contribution is -2.28. The van der Waals surface area contributed by atoms with Crippen molar-refractivity contribution in [3.8, 4) is 11.4 Å². The summed E-state index contributed by atoms with van der Waals surface area (Å²) in [6.07, 6.45) is 1.47. The Balaban J connectivity index is 1.47. The van der Waals surface area contributed by atoms with E-state index in [-0.39, 0.29) is 11.7 Å². The van der Waals surface area contributed by atoms with Gasteiger partial charge in [0.25, 0.3) is 5.91 Å². The highest BCUT2D eigenvalue weighted by Gasteiger charge is 2.06. The first-order valence-electron chi connectivity index (χ1n) is 7.22. The Bertz CT molecular complexity index is 788. The lowest BCUT2D eigenvalue weighted by atomic mass is 10.2. The summed E-state index contributed by atoms with van der Waals surface area (Å²) >= 11 is 0. The van der Waals surface area contributed by atoms with Crippen molar-refractivity contribution in [1.82, 2.24) is 25.5 Å². The fourth-order valence-corrected chi connectivity index (χ4v) is 2.01. The number of halogens is 1. The van der Waals surface area contributed by atoms with Gasteiger partial charge in [0.15, 0.2) is 0 Å². The zero-order valence-electron chi connectivity index (χ0n) is 12.6. The normalized spacial score (nSPS) is 10.4. The predicted octanol–water partition coefficient (Wildman–Crippen LogP) is 1.61. The molecule has 0 bridgehead atoms. The highest BCUT2D eigenvalue weighted by Crippen LogP contribution is 2.10. The molecule has 1 aromatic heterocycles. The molecule has 1 heterocycles. The van der Waals surface area contributed by atoms with Gasteiger partial charge in [0, 0.05) is 5.56 Å². The number of nitrogens with one attached hydrogen (secondary N) is 1. The first kappa shape index (κ1) is 15.6. The molecule has 0 unspecified atom stereocenters. The largest absolute Gasteiger partial charge is 0.492 e. The number of carbonyl (C=O) groups excluding carboxylic acids is 1. The molecule has 0 saturated carbocycles. The molecule has 0 aliphatic heterocycles. The molecule has 0 aliphatic carbocycles. The molecular weight excluding hydrogens is 313 g/mol. The van der Waals surface area contributed by atoms with E-state index in [1.54, 1.807) is 24.3 Å². The summed E-state index contributed by atoms with van der Waals surface area (Å²) < 4.78 is 19.7. The van der Waals surface area contributed by atoms with Crippen molar-refractivity contribution in [1.29, 1.82) is 0 Å². The van der Waals surface area contributed by atoms with Gasteiger partial charge in [-0.1, -0.05) is 0 Å². The predicted molar refractivity (Wildman–Crippen MR) is 83.4 cm³/mol. The first-order chi connectivity index (χ1) is 11.7. The van der Waals surface area contributed by atoms with Crippen molar-refractivity contribution in [3.05, 3.63) is 66.2 Å². The van der Waals surface area contributed by atoms with Gasteiger partial charge in [-0.3, -0.25) is 4.79 Å². The van der Waals surface area contributed by atoms with E-state index in [2.05, 4.69) is 20.8 Å². The van der Waals surface area contributed by atoms with Gasteiger partial charge in [0.2, 0.25) is 0 Å². The number of ether oxygens (including phenoxy) is 1. The highest BCUT2D eigenvalue weighted by molar-refractivity contribution is 5.94. The summed E-state index contributed by atoms with van der Waals surface area (Å²) in [7, 11) is 0. The fraction of sp³-hybridized carbons (Fsp3) is 0.125. The van der Waals surface area contributed by atoms with Crippen LogP contribution in [0, 0.1) is 5.82 Å². The van der Waals surface area contributed by atoms with E-state index in [9.17, 15) is 9.18 Å². The number of aromatic nitrogens is 4. The smallest absolute Gasteiger partial charge is 0.251 e. The molecule has 1 N–H and O–H groups in total. The third-order valence-corrected chi connectivity index (χ3v) is 3.21. The SMILES string of the molecule is O=C(NCCOc1ccc(F)cc1)c1ccc(-n2cnnn2)cc1. The molecule has 122 valence electrons. The van der Waals surface area contributed by atoms with Crippen LogP contribution in [0.2, 0.25) is 0 Å². The van der Waals surface area contributed by atoms with Gasteiger partial charge in [-0.25, -0.2) is 9.07 Å².